The van der Waals surface area contributed by atoms with Gasteiger partial charge in [0.25, 0.3) is 0 Å². The van der Waals surface area contributed by atoms with Crippen LogP contribution in [0, 0.1) is 5.92 Å². The van der Waals surface area contributed by atoms with E-state index < -0.39 is 6.04 Å². The van der Waals surface area contributed by atoms with Crippen LogP contribution in [0.5, 0.6) is 0 Å². The summed E-state index contributed by atoms with van der Waals surface area (Å²) in [6.45, 7) is 4.24. The van der Waals surface area contributed by atoms with Gasteiger partial charge in [-0.3, -0.25) is 14.4 Å². The van der Waals surface area contributed by atoms with Crippen molar-refractivity contribution < 1.29 is 14.4 Å². The van der Waals surface area contributed by atoms with Crippen molar-refractivity contribution in [3.05, 3.63) is 35.9 Å². The molecule has 0 bridgehead atoms. The number of carbonyl (C=O) groups excluding carboxylic acids is 3. The minimum atomic E-state index is -0.600. The molecule has 0 radical (unpaired) electrons. The van der Waals surface area contributed by atoms with Crippen LogP contribution >= 0.6 is 0 Å². The molecular weight excluding hydrogens is 428 g/mol. The molecule has 3 N–H and O–H groups in total. The van der Waals surface area contributed by atoms with Crippen LogP contribution < -0.4 is 11.1 Å². The summed E-state index contributed by atoms with van der Waals surface area (Å²) in [5.41, 5.74) is 6.56. The van der Waals surface area contributed by atoms with E-state index in [-0.39, 0.29) is 29.7 Å². The van der Waals surface area contributed by atoms with Gasteiger partial charge in [-0.15, -0.1) is 0 Å². The molecule has 2 atom stereocenters. The highest BCUT2D eigenvalue weighted by Gasteiger charge is 2.35. The topological polar surface area (TPSA) is 95.7 Å². The van der Waals surface area contributed by atoms with Crippen molar-refractivity contribution in [2.24, 2.45) is 11.7 Å². The molecule has 7 heteroatoms. The molecule has 2 unspecified atom stereocenters. The number of rotatable bonds is 10. The van der Waals surface area contributed by atoms with E-state index in [9.17, 15) is 14.4 Å². The molecule has 2 aliphatic rings. The SMILES string of the molecule is CC1CN(C(=O)C(Cc2ccccc2)NC(=O)CCCCCN)CCN1C(=O)C1CCCCC1. The van der Waals surface area contributed by atoms with Crippen molar-refractivity contribution in [2.75, 3.05) is 26.2 Å². The molecule has 1 aliphatic heterocycles. The number of nitrogens with zero attached hydrogens (tertiary/aromatic N) is 2. The maximum atomic E-state index is 13.5. The maximum Gasteiger partial charge on any atom is 0.245 e. The largest absolute Gasteiger partial charge is 0.344 e. The number of nitrogens with one attached hydrogen (secondary N) is 1. The van der Waals surface area contributed by atoms with Crippen molar-refractivity contribution >= 4 is 17.7 Å². The Balaban J connectivity index is 1.60. The van der Waals surface area contributed by atoms with Crippen LogP contribution in [-0.2, 0) is 20.8 Å². The first kappa shape index (κ1) is 26.2. The fourth-order valence-corrected chi connectivity index (χ4v) is 5.21. The van der Waals surface area contributed by atoms with E-state index >= 15 is 0 Å². The normalized spacial score (nSPS) is 20.1. The van der Waals surface area contributed by atoms with Crippen molar-refractivity contribution in [1.82, 2.24) is 15.1 Å². The molecule has 1 heterocycles. The van der Waals surface area contributed by atoms with Crippen molar-refractivity contribution in [3.8, 4) is 0 Å². The highest BCUT2D eigenvalue weighted by molar-refractivity contribution is 5.88. The molecule has 0 spiro atoms. The fourth-order valence-electron chi connectivity index (χ4n) is 5.21. The minimum absolute atomic E-state index is 0.0172. The predicted octanol–water partition coefficient (Wildman–Crippen LogP) is 2.87. The number of amides is 3. The van der Waals surface area contributed by atoms with Gasteiger partial charge in [-0.1, -0.05) is 56.0 Å². The standard InChI is InChI=1S/C27H42N4O3/c1-21-20-30(17-18-31(21)26(33)23-13-7-3-8-14-23)27(34)24(19-22-11-5-2-6-12-22)29-25(32)15-9-4-10-16-28/h2,5-6,11-12,21,23-24H,3-4,7-10,13-20,28H2,1H3,(H,29,32). The number of carbonyl (C=O) groups is 3. The Morgan fingerprint density at radius 2 is 1.76 bits per heavy atom. The summed E-state index contributed by atoms with van der Waals surface area (Å²) in [4.78, 5) is 43.0. The first-order valence-electron chi connectivity index (χ1n) is 13.1. The smallest absolute Gasteiger partial charge is 0.245 e. The summed E-state index contributed by atoms with van der Waals surface area (Å²) in [6.07, 6.45) is 8.92. The second kappa shape index (κ2) is 13.5. The van der Waals surface area contributed by atoms with Crippen LogP contribution in [0.4, 0.5) is 0 Å². The first-order valence-corrected chi connectivity index (χ1v) is 13.1. The van der Waals surface area contributed by atoms with Gasteiger partial charge >= 0.3 is 0 Å². The summed E-state index contributed by atoms with van der Waals surface area (Å²) in [5.74, 6) is 0.245. The molecule has 3 amide bonds. The molecule has 1 saturated heterocycles. The third-order valence-electron chi connectivity index (χ3n) is 7.20. The highest BCUT2D eigenvalue weighted by Crippen LogP contribution is 2.27. The molecular formula is C27H42N4O3. The zero-order chi connectivity index (χ0) is 24.3. The van der Waals surface area contributed by atoms with Crippen LogP contribution in [0.3, 0.4) is 0 Å². The molecule has 1 saturated carbocycles. The summed E-state index contributed by atoms with van der Waals surface area (Å²) in [5, 5.41) is 3.00. The quantitative estimate of drug-likeness (QED) is 0.514. The number of nitrogens with two attached hydrogens (primary N) is 1. The molecule has 188 valence electrons. The Morgan fingerprint density at radius 1 is 1.03 bits per heavy atom. The van der Waals surface area contributed by atoms with Gasteiger partial charge in [-0.2, -0.15) is 0 Å². The molecule has 34 heavy (non-hydrogen) atoms. The number of unbranched alkanes of at least 4 members (excludes halogenated alkanes) is 2. The maximum absolute atomic E-state index is 13.5. The zero-order valence-electron chi connectivity index (χ0n) is 20.7. The zero-order valence-corrected chi connectivity index (χ0v) is 20.7. The monoisotopic (exact) mass is 470 g/mol. The molecule has 0 aromatic heterocycles. The Morgan fingerprint density at radius 3 is 2.44 bits per heavy atom. The second-order valence-corrected chi connectivity index (χ2v) is 9.91. The van der Waals surface area contributed by atoms with E-state index in [1.54, 1.807) is 0 Å². The lowest BCUT2D eigenvalue weighted by molar-refractivity contribution is -0.147. The molecule has 1 aliphatic carbocycles. The van der Waals surface area contributed by atoms with E-state index in [1.807, 2.05) is 47.1 Å². The van der Waals surface area contributed by atoms with Gasteiger partial charge in [0.2, 0.25) is 17.7 Å². The molecule has 2 fully saturated rings. The predicted molar refractivity (Wildman–Crippen MR) is 134 cm³/mol. The van der Waals surface area contributed by atoms with E-state index in [2.05, 4.69) is 5.32 Å². The van der Waals surface area contributed by atoms with Gasteiger partial charge in [0.15, 0.2) is 0 Å². The van der Waals surface area contributed by atoms with Crippen LogP contribution in [0.1, 0.15) is 70.3 Å². The third kappa shape index (κ3) is 7.55. The summed E-state index contributed by atoms with van der Waals surface area (Å²) < 4.78 is 0. The Kier molecular flexibility index (Phi) is 10.4. The number of hydrogen-bond donors (Lipinski definition) is 2. The van der Waals surface area contributed by atoms with Crippen LogP contribution in [0.15, 0.2) is 30.3 Å². The van der Waals surface area contributed by atoms with Crippen molar-refractivity contribution in [3.63, 3.8) is 0 Å². The molecule has 3 rings (SSSR count). The summed E-state index contributed by atoms with van der Waals surface area (Å²) >= 11 is 0. The summed E-state index contributed by atoms with van der Waals surface area (Å²) in [6, 6.07) is 9.19. The lowest BCUT2D eigenvalue weighted by Crippen LogP contribution is -2.60. The average molecular weight is 471 g/mol. The van der Waals surface area contributed by atoms with Crippen molar-refractivity contribution in [2.45, 2.75) is 83.2 Å². The van der Waals surface area contributed by atoms with Gasteiger partial charge in [0.05, 0.1) is 0 Å². The van der Waals surface area contributed by atoms with Crippen LogP contribution in [0.2, 0.25) is 0 Å². The van der Waals surface area contributed by atoms with Crippen molar-refractivity contribution in [1.29, 1.82) is 0 Å². The highest BCUT2D eigenvalue weighted by atomic mass is 16.2. The number of piperazine rings is 1. The lowest BCUT2D eigenvalue weighted by atomic mass is 9.87. The van der Waals surface area contributed by atoms with Gasteiger partial charge in [-0.05, 0) is 44.7 Å². The van der Waals surface area contributed by atoms with E-state index in [1.165, 1.54) is 6.42 Å². The Hall–Kier alpha value is -2.41. The third-order valence-corrected chi connectivity index (χ3v) is 7.20. The first-order chi connectivity index (χ1) is 16.5. The van der Waals surface area contributed by atoms with E-state index in [0.29, 0.717) is 39.0 Å². The van der Waals surface area contributed by atoms with Crippen LogP contribution in [0.25, 0.3) is 0 Å². The second-order valence-electron chi connectivity index (χ2n) is 9.91. The number of hydrogen-bond acceptors (Lipinski definition) is 4. The Labute approximate surface area is 204 Å². The van der Waals surface area contributed by atoms with Gasteiger partial charge in [-0.25, -0.2) is 0 Å². The van der Waals surface area contributed by atoms with Crippen LogP contribution in [-0.4, -0.2) is 65.8 Å². The average Bonchev–Trinajstić information content (AvgIpc) is 2.86. The molecule has 1 aromatic rings. The minimum Gasteiger partial charge on any atom is -0.344 e. The van der Waals surface area contributed by atoms with Gasteiger partial charge in [0.1, 0.15) is 6.04 Å². The summed E-state index contributed by atoms with van der Waals surface area (Å²) in [7, 11) is 0. The van der Waals surface area contributed by atoms with Gasteiger partial charge in [0, 0.05) is 44.4 Å². The van der Waals surface area contributed by atoms with E-state index in [0.717, 1.165) is 50.5 Å². The van der Waals surface area contributed by atoms with E-state index in [4.69, 9.17) is 5.73 Å². The molecule has 7 nitrogen and oxygen atoms in total. The van der Waals surface area contributed by atoms with Gasteiger partial charge < -0.3 is 20.9 Å². The molecule has 1 aromatic carbocycles. The fraction of sp³-hybridized carbons (Fsp3) is 0.667. The lowest BCUT2D eigenvalue weighted by Gasteiger charge is -2.42. The Bertz CT molecular complexity index is 794. The number of benzene rings is 1.